The number of nitrogens with zero attached hydrogens (tertiary/aromatic N) is 1. The molecule has 2 N–H and O–H groups in total. The zero-order chi connectivity index (χ0) is 15.3. The summed E-state index contributed by atoms with van der Waals surface area (Å²) in [6.07, 6.45) is 0. The molecule has 0 aromatic heterocycles. The molecule has 0 unspecified atom stereocenters. The van der Waals surface area contributed by atoms with Crippen LogP contribution in [0.2, 0.25) is 0 Å². The van der Waals surface area contributed by atoms with Crippen LogP contribution in [-0.2, 0) is 20.8 Å². The number of rotatable bonds is 3. The molecule has 0 spiro atoms. The predicted molar refractivity (Wildman–Crippen MR) is 57.6 cm³/mol. The van der Waals surface area contributed by atoms with Gasteiger partial charge in [0, 0.05) is 12.1 Å². The molecular weight excluding hydrogens is 310 g/mol. The van der Waals surface area contributed by atoms with Gasteiger partial charge in [-0.15, -0.1) is 0 Å². The lowest BCUT2D eigenvalue weighted by Gasteiger charge is -2.07. The third kappa shape index (κ3) is 11.0. The Morgan fingerprint density at radius 2 is 1.42 bits per heavy atom. The Hall–Kier alpha value is -1.80. The summed E-state index contributed by atoms with van der Waals surface area (Å²) in [5.41, 5.74) is -0.222. The van der Waals surface area contributed by atoms with Gasteiger partial charge in [-0.1, -0.05) is 0 Å². The van der Waals surface area contributed by atoms with Gasteiger partial charge in [0.2, 0.25) is 0 Å². The van der Waals surface area contributed by atoms with Crippen molar-refractivity contribution in [3.05, 3.63) is 34.4 Å². The van der Waals surface area contributed by atoms with Gasteiger partial charge in [0.15, 0.2) is 0 Å². The molecule has 1 aromatic carbocycles. The first kappa shape index (κ1) is 17.2. The Labute approximate surface area is 107 Å². The van der Waals surface area contributed by atoms with Gasteiger partial charge in [0.05, 0.1) is 4.92 Å². The molecule has 108 valence electrons. The molecule has 0 saturated heterocycles. The maximum Gasteiger partial charge on any atom is 0.394 e. The van der Waals surface area contributed by atoms with Crippen molar-refractivity contribution in [3.63, 3.8) is 0 Å². The van der Waals surface area contributed by atoms with Crippen molar-refractivity contribution in [2.75, 3.05) is 0 Å². The third-order valence-electron chi connectivity index (χ3n) is 1.25. The van der Waals surface area contributed by atoms with Crippen LogP contribution in [0.15, 0.2) is 24.3 Å². The highest BCUT2D eigenvalue weighted by atomic mass is 32.3. The molecule has 1 rings (SSSR count). The van der Waals surface area contributed by atoms with E-state index in [1.54, 1.807) is 0 Å². The fraction of sp³-hybridized carbons (Fsp3) is 0. The lowest BCUT2D eigenvalue weighted by molar-refractivity contribution is -0.384. The van der Waals surface area contributed by atoms with Gasteiger partial charge in [0.25, 0.3) is 16.1 Å². The van der Waals surface area contributed by atoms with Crippen LogP contribution in [0.3, 0.4) is 0 Å². The summed E-state index contributed by atoms with van der Waals surface area (Å²) in [6.45, 7) is 0. The van der Waals surface area contributed by atoms with Gasteiger partial charge >= 0.3 is 10.4 Å². The molecule has 0 fully saturated rings. The highest BCUT2D eigenvalue weighted by molar-refractivity contribution is 7.81. The largest absolute Gasteiger partial charge is 0.716 e. The number of benzene rings is 1. The summed E-state index contributed by atoms with van der Waals surface area (Å²) in [7, 11) is -9.50. The van der Waals surface area contributed by atoms with Crippen molar-refractivity contribution in [2.24, 2.45) is 0 Å². The monoisotopic (exact) mass is 316 g/mol. The second-order valence-corrected chi connectivity index (χ2v) is 4.57. The van der Waals surface area contributed by atoms with E-state index in [0.29, 0.717) is 0 Å². The third-order valence-corrected chi connectivity index (χ3v) is 1.64. The summed E-state index contributed by atoms with van der Waals surface area (Å²) in [5.74, 6) is -0.259. The lowest BCUT2D eigenvalue weighted by Crippen LogP contribution is -2.06. The molecular formula is C6H6NO10S2-. The summed E-state index contributed by atoms with van der Waals surface area (Å²) < 4.78 is 65.8. The van der Waals surface area contributed by atoms with Gasteiger partial charge in [0.1, 0.15) is 5.75 Å². The number of nitro groups is 1. The molecule has 0 atom stereocenters. The van der Waals surface area contributed by atoms with Crippen molar-refractivity contribution >= 4 is 26.5 Å². The van der Waals surface area contributed by atoms with Crippen LogP contribution in [0, 0.1) is 10.1 Å². The highest BCUT2D eigenvalue weighted by Gasteiger charge is 2.05. The van der Waals surface area contributed by atoms with Crippen LogP contribution >= 0.6 is 0 Å². The van der Waals surface area contributed by atoms with E-state index in [4.69, 9.17) is 17.5 Å². The molecule has 11 nitrogen and oxygen atoms in total. The SMILES string of the molecule is O=S(=O)(O)O.O=[N+]([O-])c1ccc(OS(=O)(=O)[O-])cc1. The standard InChI is InChI=1S/C6H5NO6S.H2O4S/c8-7(9)5-1-3-6(4-2-5)13-14(10,11)12;1-5(2,3)4/h1-4H,(H,10,11,12);(H2,1,2,3,4)/p-1. The van der Waals surface area contributed by atoms with E-state index in [1.807, 2.05) is 0 Å². The molecule has 1 aromatic rings. The van der Waals surface area contributed by atoms with Crippen molar-refractivity contribution in [3.8, 4) is 5.75 Å². The van der Waals surface area contributed by atoms with E-state index in [0.717, 1.165) is 24.3 Å². The van der Waals surface area contributed by atoms with E-state index < -0.39 is 25.7 Å². The summed E-state index contributed by atoms with van der Waals surface area (Å²) in [4.78, 5) is 9.52. The van der Waals surface area contributed by atoms with Gasteiger partial charge < -0.3 is 8.74 Å². The molecule has 0 radical (unpaired) electrons. The Morgan fingerprint density at radius 3 is 1.68 bits per heavy atom. The molecule has 0 bridgehead atoms. The molecule has 0 aliphatic rings. The maximum atomic E-state index is 10.2. The minimum absolute atomic E-state index is 0.222. The second kappa shape index (κ2) is 6.39. The van der Waals surface area contributed by atoms with Gasteiger partial charge in [-0.3, -0.25) is 19.2 Å². The maximum absolute atomic E-state index is 10.2. The van der Waals surface area contributed by atoms with Crippen LogP contribution in [0.4, 0.5) is 5.69 Å². The smallest absolute Gasteiger partial charge is 0.394 e. The Morgan fingerprint density at radius 1 is 1.05 bits per heavy atom. The fourth-order valence-electron chi connectivity index (χ4n) is 0.741. The van der Waals surface area contributed by atoms with E-state index in [-0.39, 0.29) is 11.4 Å². The van der Waals surface area contributed by atoms with Crippen LogP contribution in [-0.4, -0.2) is 35.4 Å². The molecule has 13 heteroatoms. The number of nitro benzene ring substituents is 1. The van der Waals surface area contributed by atoms with Crippen LogP contribution < -0.4 is 4.18 Å². The molecule has 0 heterocycles. The quantitative estimate of drug-likeness (QED) is 0.327. The van der Waals surface area contributed by atoms with Crippen molar-refractivity contribution < 1.29 is 39.6 Å². The second-order valence-electron chi connectivity index (χ2n) is 2.69. The number of hydrogen-bond acceptors (Lipinski definition) is 8. The molecule has 0 aliphatic heterocycles. The highest BCUT2D eigenvalue weighted by Crippen LogP contribution is 2.18. The average Bonchev–Trinajstić information content (AvgIpc) is 2.12. The lowest BCUT2D eigenvalue weighted by atomic mass is 10.3. The van der Waals surface area contributed by atoms with E-state index >= 15 is 0 Å². The minimum atomic E-state index is -4.83. The fourth-order valence-corrected chi connectivity index (χ4v) is 1.09. The molecule has 0 amide bonds. The van der Waals surface area contributed by atoms with Crippen molar-refractivity contribution in [2.45, 2.75) is 0 Å². The Balaban J connectivity index is 0.000000555. The number of non-ortho nitro benzene ring substituents is 1. The summed E-state index contributed by atoms with van der Waals surface area (Å²) >= 11 is 0. The molecule has 19 heavy (non-hydrogen) atoms. The van der Waals surface area contributed by atoms with Gasteiger partial charge in [-0.2, -0.15) is 8.42 Å². The zero-order valence-electron chi connectivity index (χ0n) is 8.73. The van der Waals surface area contributed by atoms with Gasteiger partial charge in [-0.05, 0) is 12.1 Å². The molecule has 0 saturated carbocycles. The summed E-state index contributed by atoms with van der Waals surface area (Å²) in [5, 5.41) is 10.2. The van der Waals surface area contributed by atoms with Crippen LogP contribution in [0.25, 0.3) is 0 Å². The normalized spacial score (nSPS) is 11.1. The van der Waals surface area contributed by atoms with Gasteiger partial charge in [-0.25, -0.2) is 8.42 Å². The first-order valence-electron chi connectivity index (χ1n) is 3.98. The first-order chi connectivity index (χ1) is 8.38. The van der Waals surface area contributed by atoms with Crippen molar-refractivity contribution in [1.82, 2.24) is 0 Å². The summed E-state index contributed by atoms with van der Waals surface area (Å²) in [6, 6.07) is 4.10. The van der Waals surface area contributed by atoms with E-state index in [2.05, 4.69) is 4.18 Å². The number of hydrogen-bond donors (Lipinski definition) is 2. The molecule has 0 aliphatic carbocycles. The zero-order valence-corrected chi connectivity index (χ0v) is 10.4. The van der Waals surface area contributed by atoms with E-state index in [1.165, 1.54) is 0 Å². The first-order valence-corrected chi connectivity index (χ1v) is 6.71. The van der Waals surface area contributed by atoms with Crippen LogP contribution in [0.5, 0.6) is 5.75 Å². The minimum Gasteiger partial charge on any atom is -0.716 e. The average molecular weight is 316 g/mol. The van der Waals surface area contributed by atoms with Crippen molar-refractivity contribution in [1.29, 1.82) is 0 Å². The Kier molecular flexibility index (Phi) is 5.79. The Bertz CT molecular complexity index is 623. The topological polar surface area (TPSA) is 184 Å². The predicted octanol–water partition coefficient (Wildman–Crippen LogP) is -0.219. The van der Waals surface area contributed by atoms with E-state index in [9.17, 15) is 23.1 Å². The van der Waals surface area contributed by atoms with Crippen LogP contribution in [0.1, 0.15) is 0 Å².